The van der Waals surface area contributed by atoms with Crippen LogP contribution in [-0.4, -0.2) is 15.7 Å². The summed E-state index contributed by atoms with van der Waals surface area (Å²) in [6, 6.07) is 16.2. The molecule has 5 heteroatoms. The summed E-state index contributed by atoms with van der Waals surface area (Å²) in [6.45, 7) is 4.02. The molecule has 132 valence electrons. The minimum atomic E-state index is -0.326. The molecule has 2 aromatic carbocycles. The Hall–Kier alpha value is -3.21. The van der Waals surface area contributed by atoms with Gasteiger partial charge in [0.1, 0.15) is 5.82 Å². The molecule has 0 unspecified atom stereocenters. The number of carbonyl (C=O) groups is 1. The number of benzene rings is 2. The summed E-state index contributed by atoms with van der Waals surface area (Å²) in [4.78, 5) is 12.1. The summed E-state index contributed by atoms with van der Waals surface area (Å²) in [5.74, 6) is -0.605. The van der Waals surface area contributed by atoms with Crippen molar-refractivity contribution in [2.75, 3.05) is 0 Å². The van der Waals surface area contributed by atoms with E-state index >= 15 is 0 Å². The molecule has 4 nitrogen and oxygen atoms in total. The Bertz CT molecular complexity index is 945. The summed E-state index contributed by atoms with van der Waals surface area (Å²) >= 11 is 0. The first kappa shape index (κ1) is 17.6. The molecule has 0 aliphatic rings. The number of hydrogen-bond donors (Lipinski definition) is 1. The van der Waals surface area contributed by atoms with Crippen LogP contribution in [0.15, 0.2) is 60.7 Å². The smallest absolute Gasteiger partial charge is 0.244 e. The van der Waals surface area contributed by atoms with Crippen molar-refractivity contribution in [2.24, 2.45) is 0 Å². The van der Waals surface area contributed by atoms with Gasteiger partial charge in [0.25, 0.3) is 0 Å². The topological polar surface area (TPSA) is 46.9 Å². The highest BCUT2D eigenvalue weighted by molar-refractivity contribution is 5.92. The van der Waals surface area contributed by atoms with E-state index in [0.29, 0.717) is 5.56 Å². The third kappa shape index (κ3) is 3.88. The number of rotatable bonds is 5. The molecule has 0 atom stereocenters. The van der Waals surface area contributed by atoms with Gasteiger partial charge < -0.3 is 5.32 Å². The van der Waals surface area contributed by atoms with Gasteiger partial charge in [-0.1, -0.05) is 36.4 Å². The van der Waals surface area contributed by atoms with Gasteiger partial charge in [0.15, 0.2) is 0 Å². The second kappa shape index (κ2) is 7.78. The highest BCUT2D eigenvalue weighted by Gasteiger charge is 2.10. The molecular formula is C21H20FN3O. The molecule has 1 aromatic heterocycles. The standard InChI is InChI=1S/C21H20FN3O/c1-15-19(16(2)25(24-15)18-9-4-3-5-10-18)12-13-21(26)23-14-17-8-6-7-11-20(17)22/h3-13H,14H2,1-2H3,(H,23,26)/b13-12+. The van der Waals surface area contributed by atoms with E-state index in [1.165, 1.54) is 12.1 Å². The largest absolute Gasteiger partial charge is 0.348 e. The highest BCUT2D eigenvalue weighted by atomic mass is 19.1. The lowest BCUT2D eigenvalue weighted by molar-refractivity contribution is -0.116. The number of para-hydroxylation sites is 1. The second-order valence-corrected chi connectivity index (χ2v) is 5.97. The SMILES string of the molecule is Cc1nn(-c2ccccc2)c(C)c1/C=C/C(=O)NCc1ccccc1F. The molecule has 0 radical (unpaired) electrons. The van der Waals surface area contributed by atoms with Gasteiger partial charge in [0.2, 0.25) is 5.91 Å². The molecule has 1 heterocycles. The molecular weight excluding hydrogens is 329 g/mol. The van der Waals surface area contributed by atoms with Crippen molar-refractivity contribution in [1.29, 1.82) is 0 Å². The van der Waals surface area contributed by atoms with Gasteiger partial charge in [-0.15, -0.1) is 0 Å². The van der Waals surface area contributed by atoms with E-state index in [9.17, 15) is 9.18 Å². The molecule has 0 saturated heterocycles. The van der Waals surface area contributed by atoms with Crippen LogP contribution in [0.4, 0.5) is 4.39 Å². The molecule has 1 N–H and O–H groups in total. The monoisotopic (exact) mass is 349 g/mol. The first-order valence-electron chi connectivity index (χ1n) is 8.37. The van der Waals surface area contributed by atoms with Crippen LogP contribution in [-0.2, 0) is 11.3 Å². The number of aryl methyl sites for hydroxylation is 1. The van der Waals surface area contributed by atoms with Gasteiger partial charge >= 0.3 is 0 Å². The normalized spacial score (nSPS) is 11.0. The molecule has 0 aliphatic heterocycles. The van der Waals surface area contributed by atoms with Gasteiger partial charge in [-0.05, 0) is 38.1 Å². The molecule has 0 spiro atoms. The van der Waals surface area contributed by atoms with Crippen molar-refractivity contribution in [3.8, 4) is 5.69 Å². The number of hydrogen-bond acceptors (Lipinski definition) is 2. The van der Waals surface area contributed by atoms with E-state index in [1.54, 1.807) is 24.3 Å². The quantitative estimate of drug-likeness (QED) is 0.709. The predicted molar refractivity (Wildman–Crippen MR) is 100 cm³/mol. The number of halogens is 1. The summed E-state index contributed by atoms with van der Waals surface area (Å²) in [7, 11) is 0. The van der Waals surface area contributed by atoms with Crippen molar-refractivity contribution >= 4 is 12.0 Å². The summed E-state index contributed by atoms with van der Waals surface area (Å²) < 4.78 is 15.4. The van der Waals surface area contributed by atoms with Crippen molar-refractivity contribution in [3.63, 3.8) is 0 Å². The van der Waals surface area contributed by atoms with Crippen molar-refractivity contribution in [1.82, 2.24) is 15.1 Å². The van der Waals surface area contributed by atoms with Crippen LogP contribution >= 0.6 is 0 Å². The molecule has 0 aliphatic carbocycles. The fraction of sp³-hybridized carbons (Fsp3) is 0.143. The van der Waals surface area contributed by atoms with Gasteiger partial charge in [-0.2, -0.15) is 5.10 Å². The molecule has 0 bridgehead atoms. The third-order valence-electron chi connectivity index (χ3n) is 4.16. The van der Waals surface area contributed by atoms with Crippen molar-refractivity contribution in [3.05, 3.63) is 89.0 Å². The average molecular weight is 349 g/mol. The minimum absolute atomic E-state index is 0.150. The number of nitrogens with one attached hydrogen (secondary N) is 1. The zero-order chi connectivity index (χ0) is 18.5. The summed E-state index contributed by atoms with van der Waals surface area (Å²) in [5.41, 5.74) is 4.11. The fourth-order valence-electron chi connectivity index (χ4n) is 2.76. The Morgan fingerprint density at radius 3 is 2.54 bits per heavy atom. The zero-order valence-electron chi connectivity index (χ0n) is 14.7. The minimum Gasteiger partial charge on any atom is -0.348 e. The van der Waals surface area contributed by atoms with Crippen molar-refractivity contribution in [2.45, 2.75) is 20.4 Å². The van der Waals surface area contributed by atoms with E-state index in [0.717, 1.165) is 22.6 Å². The van der Waals surface area contributed by atoms with E-state index in [-0.39, 0.29) is 18.3 Å². The van der Waals surface area contributed by atoms with Crippen LogP contribution in [0, 0.1) is 19.7 Å². The fourth-order valence-corrected chi connectivity index (χ4v) is 2.76. The van der Waals surface area contributed by atoms with E-state index in [1.807, 2.05) is 48.9 Å². The Morgan fingerprint density at radius 1 is 1.12 bits per heavy atom. The molecule has 0 fully saturated rings. The van der Waals surface area contributed by atoms with E-state index < -0.39 is 0 Å². The van der Waals surface area contributed by atoms with E-state index in [2.05, 4.69) is 10.4 Å². The average Bonchev–Trinajstić information content (AvgIpc) is 2.94. The number of amides is 1. The maximum absolute atomic E-state index is 13.6. The highest BCUT2D eigenvalue weighted by Crippen LogP contribution is 2.19. The van der Waals surface area contributed by atoms with Gasteiger partial charge in [-0.3, -0.25) is 4.79 Å². The van der Waals surface area contributed by atoms with Gasteiger partial charge in [-0.25, -0.2) is 9.07 Å². The molecule has 3 aromatic rings. The Balaban J connectivity index is 1.71. The molecule has 3 rings (SSSR count). The first-order valence-corrected chi connectivity index (χ1v) is 8.37. The van der Waals surface area contributed by atoms with Crippen molar-refractivity contribution < 1.29 is 9.18 Å². The second-order valence-electron chi connectivity index (χ2n) is 5.97. The third-order valence-corrected chi connectivity index (χ3v) is 4.16. The summed E-state index contributed by atoms with van der Waals surface area (Å²) in [5, 5.41) is 7.24. The zero-order valence-corrected chi connectivity index (χ0v) is 14.7. The number of aromatic nitrogens is 2. The lowest BCUT2D eigenvalue weighted by Gasteiger charge is -2.04. The predicted octanol–water partition coefficient (Wildman–Crippen LogP) is 3.96. The van der Waals surface area contributed by atoms with Crippen LogP contribution in [0.5, 0.6) is 0 Å². The van der Waals surface area contributed by atoms with Gasteiger partial charge in [0, 0.05) is 29.4 Å². The molecule has 1 amide bonds. The Labute approximate surface area is 152 Å². The number of carbonyl (C=O) groups excluding carboxylic acids is 1. The Kier molecular flexibility index (Phi) is 5.27. The molecule has 0 saturated carbocycles. The van der Waals surface area contributed by atoms with Gasteiger partial charge in [0.05, 0.1) is 11.4 Å². The lowest BCUT2D eigenvalue weighted by Crippen LogP contribution is -2.20. The lowest BCUT2D eigenvalue weighted by atomic mass is 10.1. The summed E-state index contributed by atoms with van der Waals surface area (Å²) in [6.07, 6.45) is 3.20. The van der Waals surface area contributed by atoms with E-state index in [4.69, 9.17) is 0 Å². The molecule has 26 heavy (non-hydrogen) atoms. The van der Waals surface area contributed by atoms with Crippen LogP contribution in [0.3, 0.4) is 0 Å². The van der Waals surface area contributed by atoms with Crippen LogP contribution < -0.4 is 5.32 Å². The maximum Gasteiger partial charge on any atom is 0.244 e. The Morgan fingerprint density at radius 2 is 1.81 bits per heavy atom. The first-order chi connectivity index (χ1) is 12.6. The van der Waals surface area contributed by atoms with Crippen LogP contribution in [0.2, 0.25) is 0 Å². The maximum atomic E-state index is 13.6. The van der Waals surface area contributed by atoms with Crippen LogP contribution in [0.1, 0.15) is 22.5 Å². The number of nitrogens with zero attached hydrogens (tertiary/aromatic N) is 2. The van der Waals surface area contributed by atoms with Crippen LogP contribution in [0.25, 0.3) is 11.8 Å².